The standard InChI is InChI=1S/C5H7NO4/c7-4-2-1-3(6-4)5(8)10-9/h3,9H,1-2H2,(H,6,7). The van der Waals surface area contributed by atoms with E-state index in [9.17, 15) is 9.59 Å². The second-order valence-corrected chi connectivity index (χ2v) is 2.07. The number of nitrogens with one attached hydrogen (secondary N) is 1. The van der Waals surface area contributed by atoms with Gasteiger partial charge in [0, 0.05) is 6.42 Å². The van der Waals surface area contributed by atoms with E-state index in [1.807, 2.05) is 0 Å². The molecule has 0 aliphatic carbocycles. The summed E-state index contributed by atoms with van der Waals surface area (Å²) in [6.07, 6.45) is 0.720. The zero-order valence-corrected chi connectivity index (χ0v) is 5.16. The summed E-state index contributed by atoms with van der Waals surface area (Å²) in [7, 11) is 0. The molecule has 0 bridgehead atoms. The van der Waals surface area contributed by atoms with Gasteiger partial charge in [-0.1, -0.05) is 0 Å². The smallest absolute Gasteiger partial charge is 0.343 e. The van der Waals surface area contributed by atoms with Crippen LogP contribution >= 0.6 is 0 Å². The van der Waals surface area contributed by atoms with Gasteiger partial charge < -0.3 is 5.32 Å². The van der Waals surface area contributed by atoms with Crippen molar-refractivity contribution < 1.29 is 19.7 Å². The van der Waals surface area contributed by atoms with Gasteiger partial charge in [0.2, 0.25) is 5.91 Å². The first-order valence-electron chi connectivity index (χ1n) is 2.88. The van der Waals surface area contributed by atoms with E-state index in [0.29, 0.717) is 12.8 Å². The SMILES string of the molecule is O=C1CCC(C(=O)OO)N1. The van der Waals surface area contributed by atoms with Crippen LogP contribution in [0.2, 0.25) is 0 Å². The summed E-state index contributed by atoms with van der Waals surface area (Å²) >= 11 is 0. The maximum atomic E-state index is 10.5. The van der Waals surface area contributed by atoms with Crippen molar-refractivity contribution in [3.05, 3.63) is 0 Å². The summed E-state index contributed by atoms with van der Waals surface area (Å²) in [4.78, 5) is 24.4. The lowest BCUT2D eigenvalue weighted by Crippen LogP contribution is -2.33. The number of carbonyl (C=O) groups excluding carboxylic acids is 2. The van der Waals surface area contributed by atoms with Gasteiger partial charge in [-0.05, 0) is 6.42 Å². The Hall–Kier alpha value is -1.10. The third-order valence-electron chi connectivity index (χ3n) is 1.37. The fourth-order valence-corrected chi connectivity index (χ4v) is 0.854. The van der Waals surface area contributed by atoms with Gasteiger partial charge in [0.25, 0.3) is 0 Å². The van der Waals surface area contributed by atoms with E-state index < -0.39 is 12.0 Å². The highest BCUT2D eigenvalue weighted by atomic mass is 17.1. The molecule has 5 nitrogen and oxygen atoms in total. The van der Waals surface area contributed by atoms with Gasteiger partial charge in [-0.25, -0.2) is 4.79 Å². The molecule has 0 spiro atoms. The Labute approximate surface area is 56.9 Å². The van der Waals surface area contributed by atoms with E-state index in [0.717, 1.165) is 0 Å². The summed E-state index contributed by atoms with van der Waals surface area (Å²) in [6.45, 7) is 0. The van der Waals surface area contributed by atoms with Gasteiger partial charge in [0.05, 0.1) is 0 Å². The molecule has 1 aliphatic heterocycles. The Morgan fingerprint density at radius 2 is 2.50 bits per heavy atom. The van der Waals surface area contributed by atoms with Crippen molar-refractivity contribution in [2.75, 3.05) is 0 Å². The Balaban J connectivity index is 2.44. The zero-order chi connectivity index (χ0) is 7.56. The quantitative estimate of drug-likeness (QED) is 0.377. The fourth-order valence-electron chi connectivity index (χ4n) is 0.854. The molecule has 0 saturated carbocycles. The molecule has 1 unspecified atom stereocenters. The topological polar surface area (TPSA) is 75.6 Å². The van der Waals surface area contributed by atoms with Gasteiger partial charge in [0.15, 0.2) is 0 Å². The molecule has 1 amide bonds. The van der Waals surface area contributed by atoms with Crippen LogP contribution in [0.5, 0.6) is 0 Å². The average molecular weight is 145 g/mol. The molecule has 1 fully saturated rings. The Bertz CT molecular complexity index is 167. The van der Waals surface area contributed by atoms with Crippen LogP contribution in [0.15, 0.2) is 0 Å². The number of carbonyl (C=O) groups is 2. The molecule has 0 aromatic carbocycles. The molecule has 10 heavy (non-hydrogen) atoms. The first-order valence-corrected chi connectivity index (χ1v) is 2.88. The maximum Gasteiger partial charge on any atom is 0.364 e. The molecule has 1 heterocycles. The number of amides is 1. The van der Waals surface area contributed by atoms with Crippen LogP contribution in [-0.4, -0.2) is 23.2 Å². The van der Waals surface area contributed by atoms with E-state index in [4.69, 9.17) is 5.26 Å². The molecule has 56 valence electrons. The average Bonchev–Trinajstić information content (AvgIpc) is 2.34. The number of rotatable bonds is 1. The van der Waals surface area contributed by atoms with Crippen LogP contribution in [0.4, 0.5) is 0 Å². The monoisotopic (exact) mass is 145 g/mol. The minimum Gasteiger partial charge on any atom is -0.343 e. The molecular formula is C5H7NO4. The van der Waals surface area contributed by atoms with Gasteiger partial charge in [-0.15, -0.1) is 0 Å². The number of hydrogen-bond acceptors (Lipinski definition) is 4. The van der Waals surface area contributed by atoms with Crippen molar-refractivity contribution in [1.82, 2.24) is 5.32 Å². The van der Waals surface area contributed by atoms with E-state index in [1.165, 1.54) is 0 Å². The van der Waals surface area contributed by atoms with Gasteiger partial charge in [0.1, 0.15) is 6.04 Å². The lowest BCUT2D eigenvalue weighted by Gasteiger charge is -2.02. The molecule has 5 heteroatoms. The Morgan fingerprint density at radius 1 is 1.80 bits per heavy atom. The van der Waals surface area contributed by atoms with Crippen molar-refractivity contribution in [2.45, 2.75) is 18.9 Å². The molecule has 1 atom stereocenters. The first kappa shape index (κ1) is 7.01. The lowest BCUT2D eigenvalue weighted by atomic mass is 10.2. The van der Waals surface area contributed by atoms with Crippen molar-refractivity contribution in [3.8, 4) is 0 Å². The first-order chi connectivity index (χ1) is 4.74. The second-order valence-electron chi connectivity index (χ2n) is 2.07. The third-order valence-corrected chi connectivity index (χ3v) is 1.37. The van der Waals surface area contributed by atoms with Crippen LogP contribution in [0, 0.1) is 0 Å². The molecule has 0 radical (unpaired) electrons. The molecule has 1 saturated heterocycles. The summed E-state index contributed by atoms with van der Waals surface area (Å²) < 4.78 is 0. The van der Waals surface area contributed by atoms with E-state index >= 15 is 0 Å². The van der Waals surface area contributed by atoms with Gasteiger partial charge in [-0.3, -0.25) is 9.68 Å². The number of hydrogen-bond donors (Lipinski definition) is 2. The highest BCUT2D eigenvalue weighted by molar-refractivity contribution is 5.87. The highest BCUT2D eigenvalue weighted by Gasteiger charge is 2.28. The zero-order valence-electron chi connectivity index (χ0n) is 5.16. The summed E-state index contributed by atoms with van der Waals surface area (Å²) in [5, 5.41) is 10.2. The summed E-state index contributed by atoms with van der Waals surface area (Å²) in [5.41, 5.74) is 0. The Kier molecular flexibility index (Phi) is 1.86. The minimum atomic E-state index is -0.800. The van der Waals surface area contributed by atoms with Gasteiger partial charge >= 0.3 is 5.97 Å². The molecule has 2 N–H and O–H groups in total. The van der Waals surface area contributed by atoms with Crippen LogP contribution < -0.4 is 5.32 Å². The van der Waals surface area contributed by atoms with Crippen molar-refractivity contribution >= 4 is 11.9 Å². The van der Waals surface area contributed by atoms with Crippen LogP contribution in [0.25, 0.3) is 0 Å². The summed E-state index contributed by atoms with van der Waals surface area (Å²) in [5.74, 6) is -0.985. The predicted molar refractivity (Wildman–Crippen MR) is 29.9 cm³/mol. The van der Waals surface area contributed by atoms with Crippen LogP contribution in [0.1, 0.15) is 12.8 Å². The molecule has 0 aromatic heterocycles. The van der Waals surface area contributed by atoms with Crippen molar-refractivity contribution in [3.63, 3.8) is 0 Å². The fraction of sp³-hybridized carbons (Fsp3) is 0.600. The van der Waals surface area contributed by atoms with E-state index in [-0.39, 0.29) is 5.91 Å². The van der Waals surface area contributed by atoms with Crippen molar-refractivity contribution in [2.24, 2.45) is 0 Å². The molecule has 1 rings (SSSR count). The van der Waals surface area contributed by atoms with Crippen LogP contribution in [-0.2, 0) is 14.5 Å². The normalized spacial score (nSPS) is 24.1. The lowest BCUT2D eigenvalue weighted by molar-refractivity contribution is -0.236. The molecule has 0 aromatic rings. The van der Waals surface area contributed by atoms with Crippen molar-refractivity contribution in [1.29, 1.82) is 0 Å². The summed E-state index contributed by atoms with van der Waals surface area (Å²) in [6, 6.07) is -0.655. The Morgan fingerprint density at radius 3 is 2.90 bits per heavy atom. The second kappa shape index (κ2) is 2.66. The minimum absolute atomic E-state index is 0.185. The third kappa shape index (κ3) is 1.24. The predicted octanol–water partition coefficient (Wildman–Crippen LogP) is -0.719. The van der Waals surface area contributed by atoms with E-state index in [1.54, 1.807) is 0 Å². The largest absolute Gasteiger partial charge is 0.364 e. The van der Waals surface area contributed by atoms with Crippen LogP contribution in [0.3, 0.4) is 0 Å². The maximum absolute atomic E-state index is 10.5. The van der Waals surface area contributed by atoms with Gasteiger partial charge in [-0.2, -0.15) is 5.26 Å². The highest BCUT2D eigenvalue weighted by Crippen LogP contribution is 2.06. The van der Waals surface area contributed by atoms with E-state index in [2.05, 4.69) is 10.2 Å². The molecule has 1 aliphatic rings. The molecular weight excluding hydrogens is 138 g/mol.